The van der Waals surface area contributed by atoms with E-state index >= 15 is 0 Å². The molecule has 0 heterocycles. The molecule has 92 valence electrons. The van der Waals surface area contributed by atoms with Gasteiger partial charge < -0.3 is 10.5 Å². The summed E-state index contributed by atoms with van der Waals surface area (Å²) in [5.74, 6) is 0.137. The van der Waals surface area contributed by atoms with Gasteiger partial charge in [-0.2, -0.15) is 0 Å². The quantitative estimate of drug-likeness (QED) is 0.839. The number of amides is 1. The van der Waals surface area contributed by atoms with Crippen LogP contribution in [0.5, 0.6) is 5.75 Å². The monoisotopic (exact) mass is 254 g/mol. The lowest BCUT2D eigenvalue weighted by Crippen LogP contribution is -2.35. The minimum absolute atomic E-state index is 0.355. The summed E-state index contributed by atoms with van der Waals surface area (Å²) in [6.07, 6.45) is 2.13. The second-order valence-electron chi connectivity index (χ2n) is 4.13. The number of methoxy groups -OCH3 is 1. The predicted octanol–water partition coefficient (Wildman–Crippen LogP) is 1.63. The summed E-state index contributed by atoms with van der Waals surface area (Å²) in [5, 5.41) is 3.67. The van der Waals surface area contributed by atoms with Crippen molar-refractivity contribution in [3.63, 3.8) is 0 Å². The molecule has 0 radical (unpaired) electrons. The molecule has 1 aliphatic rings. The molecule has 1 amide bonds. The van der Waals surface area contributed by atoms with Crippen LogP contribution in [0.3, 0.4) is 0 Å². The van der Waals surface area contributed by atoms with E-state index < -0.39 is 11.9 Å². The number of benzene rings is 1. The Hall–Kier alpha value is -1.26. The smallest absolute Gasteiger partial charge is 0.239 e. The van der Waals surface area contributed by atoms with Crippen molar-refractivity contribution in [2.75, 3.05) is 7.11 Å². The first kappa shape index (κ1) is 12.2. The highest BCUT2D eigenvalue weighted by molar-refractivity contribution is 6.31. The van der Waals surface area contributed by atoms with Crippen molar-refractivity contribution in [1.82, 2.24) is 5.32 Å². The first-order valence-corrected chi connectivity index (χ1v) is 5.89. The lowest BCUT2D eigenvalue weighted by molar-refractivity contribution is -0.120. The fraction of sp³-hybridized carbons (Fsp3) is 0.417. The Morgan fingerprint density at radius 1 is 1.59 bits per heavy atom. The van der Waals surface area contributed by atoms with Crippen LogP contribution in [0.15, 0.2) is 18.2 Å². The molecule has 17 heavy (non-hydrogen) atoms. The van der Waals surface area contributed by atoms with Crippen LogP contribution in [0, 0.1) is 0 Å². The van der Waals surface area contributed by atoms with Crippen molar-refractivity contribution in [3.05, 3.63) is 28.8 Å². The van der Waals surface area contributed by atoms with Crippen LogP contribution in [0.1, 0.15) is 24.4 Å². The predicted molar refractivity (Wildman–Crippen MR) is 66.1 cm³/mol. The highest BCUT2D eigenvalue weighted by atomic mass is 35.5. The van der Waals surface area contributed by atoms with Crippen LogP contribution in [0.4, 0.5) is 0 Å². The summed E-state index contributed by atoms with van der Waals surface area (Å²) in [6.45, 7) is 0. The van der Waals surface area contributed by atoms with Gasteiger partial charge in [-0.15, -0.1) is 0 Å². The zero-order chi connectivity index (χ0) is 12.4. The summed E-state index contributed by atoms with van der Waals surface area (Å²) >= 11 is 6.12. The molecule has 2 rings (SSSR count). The minimum atomic E-state index is -0.592. The van der Waals surface area contributed by atoms with Crippen molar-refractivity contribution in [1.29, 1.82) is 0 Å². The molecule has 3 N–H and O–H groups in total. The summed E-state index contributed by atoms with van der Waals surface area (Å²) in [4.78, 5) is 11.5. The summed E-state index contributed by atoms with van der Waals surface area (Å²) < 4.78 is 5.23. The molecule has 1 aromatic rings. The maximum Gasteiger partial charge on any atom is 0.239 e. The van der Waals surface area contributed by atoms with Crippen molar-refractivity contribution >= 4 is 17.5 Å². The molecular weight excluding hydrogens is 240 g/mol. The lowest BCUT2D eigenvalue weighted by atomic mass is 10.0. The zero-order valence-electron chi connectivity index (χ0n) is 9.57. The Labute approximate surface area is 105 Å². The molecule has 1 saturated carbocycles. The van der Waals surface area contributed by atoms with Crippen LogP contribution >= 0.6 is 11.6 Å². The average Bonchev–Trinajstić information content (AvgIpc) is 3.09. The molecule has 1 atom stereocenters. The normalized spacial score (nSPS) is 16.6. The molecule has 4 nitrogen and oxygen atoms in total. The van der Waals surface area contributed by atoms with Crippen LogP contribution in [-0.4, -0.2) is 19.1 Å². The molecule has 5 heteroatoms. The second kappa shape index (κ2) is 4.94. The molecular formula is C12H15ClN2O2. The largest absolute Gasteiger partial charge is 0.496 e. The number of hydrogen-bond donors (Lipinski definition) is 2. The highest BCUT2D eigenvalue weighted by Gasteiger charge is 2.31. The topological polar surface area (TPSA) is 64.3 Å². The molecule has 1 fully saturated rings. The van der Waals surface area contributed by atoms with Gasteiger partial charge in [-0.25, -0.2) is 0 Å². The third-order valence-corrected chi connectivity index (χ3v) is 3.12. The maximum absolute atomic E-state index is 11.5. The maximum atomic E-state index is 11.5. The van der Waals surface area contributed by atoms with E-state index in [-0.39, 0.29) is 0 Å². The van der Waals surface area contributed by atoms with Gasteiger partial charge >= 0.3 is 0 Å². The number of nitrogens with one attached hydrogen (secondary N) is 1. The van der Waals surface area contributed by atoms with E-state index in [4.69, 9.17) is 22.1 Å². The lowest BCUT2D eigenvalue weighted by Gasteiger charge is -2.19. The molecule has 0 aromatic heterocycles. The van der Waals surface area contributed by atoms with Crippen LogP contribution < -0.4 is 15.8 Å². The van der Waals surface area contributed by atoms with Crippen molar-refractivity contribution in [2.24, 2.45) is 5.73 Å². The molecule has 0 bridgehead atoms. The van der Waals surface area contributed by atoms with Gasteiger partial charge in [-0.1, -0.05) is 17.7 Å². The number of ether oxygens (including phenoxy) is 1. The third kappa shape index (κ3) is 2.70. The van der Waals surface area contributed by atoms with E-state index in [0.29, 0.717) is 22.4 Å². The summed E-state index contributed by atoms with van der Waals surface area (Å²) in [5.41, 5.74) is 6.04. The fourth-order valence-electron chi connectivity index (χ4n) is 1.77. The Morgan fingerprint density at radius 3 is 2.82 bits per heavy atom. The molecule has 1 aromatic carbocycles. The Balaban J connectivity index is 2.36. The molecule has 0 aliphatic heterocycles. The van der Waals surface area contributed by atoms with Crippen LogP contribution in [0.25, 0.3) is 0 Å². The van der Waals surface area contributed by atoms with Gasteiger partial charge in [0.1, 0.15) is 11.8 Å². The highest BCUT2D eigenvalue weighted by Crippen LogP contribution is 2.34. The van der Waals surface area contributed by atoms with Crippen LogP contribution in [0.2, 0.25) is 5.02 Å². The summed E-state index contributed by atoms with van der Waals surface area (Å²) in [6, 6.07) is 5.04. The number of carbonyl (C=O) groups is 1. The Bertz CT molecular complexity index is 433. The van der Waals surface area contributed by atoms with E-state index in [0.717, 1.165) is 12.8 Å². The Morgan fingerprint density at radius 2 is 2.29 bits per heavy atom. The number of hydrogen-bond acceptors (Lipinski definition) is 3. The Kier molecular flexibility index (Phi) is 3.54. The van der Waals surface area contributed by atoms with Gasteiger partial charge in [-0.05, 0) is 25.0 Å². The molecule has 1 unspecified atom stereocenters. The number of rotatable bonds is 5. The number of halogens is 1. The van der Waals surface area contributed by atoms with Crippen molar-refractivity contribution in [2.45, 2.75) is 24.9 Å². The standard InChI is InChI=1S/C12H15ClN2O2/c1-17-9-4-2-3-8(13)10(9)11(12(14)16)15-7-5-6-7/h2-4,7,11,15H,5-6H2,1H3,(H2,14,16). The number of nitrogens with two attached hydrogens (primary N) is 1. The minimum Gasteiger partial charge on any atom is -0.496 e. The van der Waals surface area contributed by atoms with E-state index in [9.17, 15) is 4.79 Å². The van der Waals surface area contributed by atoms with E-state index in [1.807, 2.05) is 0 Å². The number of primary amides is 1. The third-order valence-electron chi connectivity index (χ3n) is 2.79. The van der Waals surface area contributed by atoms with Gasteiger partial charge in [0, 0.05) is 16.6 Å². The van der Waals surface area contributed by atoms with Crippen molar-refractivity contribution in [3.8, 4) is 5.75 Å². The fourth-order valence-corrected chi connectivity index (χ4v) is 2.04. The first-order chi connectivity index (χ1) is 8.13. The first-order valence-electron chi connectivity index (χ1n) is 5.51. The number of carbonyl (C=O) groups excluding carboxylic acids is 1. The zero-order valence-corrected chi connectivity index (χ0v) is 10.3. The van der Waals surface area contributed by atoms with Gasteiger partial charge in [-0.3, -0.25) is 10.1 Å². The second-order valence-corrected chi connectivity index (χ2v) is 4.54. The average molecular weight is 255 g/mol. The summed E-state index contributed by atoms with van der Waals surface area (Å²) in [7, 11) is 1.55. The van der Waals surface area contributed by atoms with E-state index in [1.54, 1.807) is 25.3 Å². The van der Waals surface area contributed by atoms with Crippen LogP contribution in [-0.2, 0) is 4.79 Å². The van der Waals surface area contributed by atoms with Gasteiger partial charge in [0.2, 0.25) is 5.91 Å². The SMILES string of the molecule is COc1cccc(Cl)c1C(NC1CC1)C(N)=O. The molecule has 0 spiro atoms. The van der Waals surface area contributed by atoms with E-state index in [2.05, 4.69) is 5.32 Å². The molecule has 0 saturated heterocycles. The van der Waals surface area contributed by atoms with Gasteiger partial charge in [0.25, 0.3) is 0 Å². The van der Waals surface area contributed by atoms with Gasteiger partial charge in [0.15, 0.2) is 0 Å². The van der Waals surface area contributed by atoms with E-state index in [1.165, 1.54) is 0 Å². The van der Waals surface area contributed by atoms with Crippen molar-refractivity contribution < 1.29 is 9.53 Å². The van der Waals surface area contributed by atoms with Gasteiger partial charge in [0.05, 0.1) is 7.11 Å². The molecule has 1 aliphatic carbocycles.